The van der Waals surface area contributed by atoms with Crippen molar-refractivity contribution in [3.05, 3.63) is 0 Å². The Bertz CT molecular complexity index is 131. The standard InChI is InChI=1S/C11H23NO/c1-9(2)11(10(3)4)12-5-7-13-8-6-12/h9-11H,5-8H2,1-4H3. The van der Waals surface area contributed by atoms with Crippen molar-refractivity contribution in [1.82, 2.24) is 4.90 Å². The lowest BCUT2D eigenvalue weighted by atomic mass is 9.91. The molecule has 1 saturated heterocycles. The van der Waals surface area contributed by atoms with E-state index in [4.69, 9.17) is 4.74 Å². The highest BCUT2D eigenvalue weighted by atomic mass is 16.5. The molecule has 2 heteroatoms. The second-order valence-corrected chi connectivity index (χ2v) is 4.63. The molecule has 1 heterocycles. The topological polar surface area (TPSA) is 12.5 Å². The summed E-state index contributed by atoms with van der Waals surface area (Å²) in [5, 5.41) is 0. The largest absolute Gasteiger partial charge is 0.379 e. The van der Waals surface area contributed by atoms with E-state index in [1.54, 1.807) is 0 Å². The first-order valence-electron chi connectivity index (χ1n) is 5.44. The molecule has 1 fully saturated rings. The van der Waals surface area contributed by atoms with E-state index in [0.717, 1.165) is 44.2 Å². The third-order valence-corrected chi connectivity index (χ3v) is 2.83. The molecule has 0 bridgehead atoms. The smallest absolute Gasteiger partial charge is 0.0594 e. The van der Waals surface area contributed by atoms with Crippen LogP contribution in [0, 0.1) is 11.8 Å². The molecule has 2 nitrogen and oxygen atoms in total. The van der Waals surface area contributed by atoms with Gasteiger partial charge in [0.15, 0.2) is 0 Å². The molecule has 1 aliphatic rings. The molecule has 0 aromatic rings. The third-order valence-electron chi connectivity index (χ3n) is 2.83. The summed E-state index contributed by atoms with van der Waals surface area (Å²) in [5.41, 5.74) is 0. The molecule has 0 atom stereocenters. The molecule has 0 saturated carbocycles. The van der Waals surface area contributed by atoms with Gasteiger partial charge in [0.25, 0.3) is 0 Å². The molecular formula is C11H23NO. The molecule has 0 radical (unpaired) electrons. The highest BCUT2D eigenvalue weighted by Gasteiger charge is 2.25. The van der Waals surface area contributed by atoms with E-state index in [0.29, 0.717) is 0 Å². The summed E-state index contributed by atoms with van der Waals surface area (Å²) >= 11 is 0. The van der Waals surface area contributed by atoms with Crippen LogP contribution in [0.2, 0.25) is 0 Å². The predicted octanol–water partition coefficient (Wildman–Crippen LogP) is 2.00. The Kier molecular flexibility index (Phi) is 4.20. The molecule has 0 unspecified atom stereocenters. The van der Waals surface area contributed by atoms with E-state index in [1.807, 2.05) is 0 Å². The van der Waals surface area contributed by atoms with Gasteiger partial charge in [-0.2, -0.15) is 0 Å². The quantitative estimate of drug-likeness (QED) is 0.667. The third kappa shape index (κ3) is 2.96. The summed E-state index contributed by atoms with van der Waals surface area (Å²) < 4.78 is 5.37. The van der Waals surface area contributed by atoms with Crippen molar-refractivity contribution >= 4 is 0 Å². The summed E-state index contributed by atoms with van der Waals surface area (Å²) in [4.78, 5) is 2.58. The van der Waals surface area contributed by atoms with E-state index in [1.165, 1.54) is 0 Å². The van der Waals surface area contributed by atoms with Crippen LogP contribution in [-0.2, 0) is 4.74 Å². The van der Waals surface area contributed by atoms with Gasteiger partial charge in [-0.15, -0.1) is 0 Å². The van der Waals surface area contributed by atoms with Gasteiger partial charge >= 0.3 is 0 Å². The zero-order valence-corrected chi connectivity index (χ0v) is 9.42. The maximum absolute atomic E-state index is 5.37. The fourth-order valence-corrected chi connectivity index (χ4v) is 2.49. The monoisotopic (exact) mass is 185 g/mol. The summed E-state index contributed by atoms with van der Waals surface area (Å²) in [5.74, 6) is 1.50. The molecule has 0 amide bonds. The van der Waals surface area contributed by atoms with Crippen LogP contribution in [0.1, 0.15) is 27.7 Å². The van der Waals surface area contributed by atoms with E-state index in [2.05, 4.69) is 32.6 Å². The Morgan fingerprint density at radius 1 is 0.923 bits per heavy atom. The Balaban J connectivity index is 2.52. The molecule has 0 aromatic carbocycles. The number of rotatable bonds is 3. The van der Waals surface area contributed by atoms with Crippen LogP contribution < -0.4 is 0 Å². The molecule has 0 aromatic heterocycles. The van der Waals surface area contributed by atoms with Gasteiger partial charge in [0, 0.05) is 19.1 Å². The van der Waals surface area contributed by atoms with E-state index < -0.39 is 0 Å². The maximum Gasteiger partial charge on any atom is 0.0594 e. The van der Waals surface area contributed by atoms with Crippen LogP contribution in [0.4, 0.5) is 0 Å². The van der Waals surface area contributed by atoms with Gasteiger partial charge in [0.2, 0.25) is 0 Å². The molecule has 1 aliphatic heterocycles. The normalized spacial score (nSPS) is 20.5. The van der Waals surface area contributed by atoms with Gasteiger partial charge in [-0.05, 0) is 11.8 Å². The average Bonchev–Trinajstić information content (AvgIpc) is 2.04. The number of ether oxygens (including phenoxy) is 1. The van der Waals surface area contributed by atoms with E-state index in [-0.39, 0.29) is 0 Å². The van der Waals surface area contributed by atoms with E-state index in [9.17, 15) is 0 Å². The first-order chi connectivity index (χ1) is 6.13. The lowest BCUT2D eigenvalue weighted by Gasteiger charge is -2.39. The van der Waals surface area contributed by atoms with Crippen molar-refractivity contribution in [2.24, 2.45) is 11.8 Å². The zero-order valence-electron chi connectivity index (χ0n) is 9.42. The highest BCUT2D eigenvalue weighted by Crippen LogP contribution is 2.20. The van der Waals surface area contributed by atoms with Crippen LogP contribution in [0.5, 0.6) is 0 Å². The molecule has 78 valence electrons. The minimum Gasteiger partial charge on any atom is -0.379 e. The first-order valence-corrected chi connectivity index (χ1v) is 5.44. The molecule has 0 spiro atoms. The van der Waals surface area contributed by atoms with Gasteiger partial charge in [0.05, 0.1) is 13.2 Å². The maximum atomic E-state index is 5.37. The van der Waals surface area contributed by atoms with Crippen LogP contribution in [0.3, 0.4) is 0 Å². The lowest BCUT2D eigenvalue weighted by Crippen LogP contribution is -2.48. The number of nitrogens with zero attached hydrogens (tertiary/aromatic N) is 1. The lowest BCUT2D eigenvalue weighted by molar-refractivity contribution is -0.00585. The Morgan fingerprint density at radius 2 is 1.38 bits per heavy atom. The molecule has 0 N–H and O–H groups in total. The summed E-state index contributed by atoms with van der Waals surface area (Å²) in [7, 11) is 0. The SMILES string of the molecule is CC(C)C(C(C)C)N1CCOCC1. The van der Waals surface area contributed by atoms with Crippen molar-refractivity contribution in [2.45, 2.75) is 33.7 Å². The molecular weight excluding hydrogens is 162 g/mol. The fraction of sp³-hybridized carbons (Fsp3) is 1.00. The van der Waals surface area contributed by atoms with Crippen molar-refractivity contribution in [2.75, 3.05) is 26.3 Å². The predicted molar refractivity (Wildman–Crippen MR) is 55.9 cm³/mol. The van der Waals surface area contributed by atoms with Crippen molar-refractivity contribution < 1.29 is 4.74 Å². The zero-order chi connectivity index (χ0) is 9.84. The molecule has 13 heavy (non-hydrogen) atoms. The van der Waals surface area contributed by atoms with Gasteiger partial charge in [-0.3, -0.25) is 4.90 Å². The number of hydrogen-bond donors (Lipinski definition) is 0. The average molecular weight is 185 g/mol. The van der Waals surface area contributed by atoms with Gasteiger partial charge in [-0.25, -0.2) is 0 Å². The Labute approximate surface area is 82.3 Å². The second-order valence-electron chi connectivity index (χ2n) is 4.63. The fourth-order valence-electron chi connectivity index (χ4n) is 2.49. The molecule has 1 rings (SSSR count). The van der Waals surface area contributed by atoms with Gasteiger partial charge in [-0.1, -0.05) is 27.7 Å². The van der Waals surface area contributed by atoms with Crippen LogP contribution in [0.15, 0.2) is 0 Å². The molecule has 0 aliphatic carbocycles. The minimum absolute atomic E-state index is 0.726. The summed E-state index contributed by atoms with van der Waals surface area (Å²) in [6.45, 7) is 13.3. The van der Waals surface area contributed by atoms with Crippen molar-refractivity contribution in [3.8, 4) is 0 Å². The van der Waals surface area contributed by atoms with Crippen LogP contribution in [0.25, 0.3) is 0 Å². The Hall–Kier alpha value is -0.0800. The number of morpholine rings is 1. The highest BCUT2D eigenvalue weighted by molar-refractivity contribution is 4.79. The van der Waals surface area contributed by atoms with Crippen molar-refractivity contribution in [3.63, 3.8) is 0 Å². The first kappa shape index (κ1) is 11.0. The minimum atomic E-state index is 0.726. The van der Waals surface area contributed by atoms with Crippen molar-refractivity contribution in [1.29, 1.82) is 0 Å². The van der Waals surface area contributed by atoms with Gasteiger partial charge < -0.3 is 4.74 Å². The Morgan fingerprint density at radius 3 is 1.77 bits per heavy atom. The number of hydrogen-bond acceptors (Lipinski definition) is 2. The summed E-state index contributed by atoms with van der Waals surface area (Å²) in [6, 6.07) is 0.726. The van der Waals surface area contributed by atoms with Gasteiger partial charge in [0.1, 0.15) is 0 Å². The summed E-state index contributed by atoms with van der Waals surface area (Å²) in [6.07, 6.45) is 0. The van der Waals surface area contributed by atoms with Crippen LogP contribution in [-0.4, -0.2) is 37.2 Å². The second kappa shape index (κ2) is 4.97. The van der Waals surface area contributed by atoms with Crippen LogP contribution >= 0.6 is 0 Å². The van der Waals surface area contributed by atoms with E-state index >= 15 is 0 Å².